The van der Waals surface area contributed by atoms with Gasteiger partial charge in [0.1, 0.15) is 11.9 Å². The maximum atomic E-state index is 15.1. The number of carboxylic acid groups (broad SMARTS) is 1. The molecule has 1 saturated heterocycles. The number of pyridine rings is 1. The van der Waals surface area contributed by atoms with Gasteiger partial charge in [-0.1, -0.05) is 6.07 Å². The van der Waals surface area contributed by atoms with E-state index in [9.17, 15) is 23.1 Å². The highest BCUT2D eigenvalue weighted by atomic mass is 32.2. The van der Waals surface area contributed by atoms with Gasteiger partial charge in [0.05, 0.1) is 34.8 Å². The van der Waals surface area contributed by atoms with E-state index in [4.69, 9.17) is 15.2 Å². The number of nitrogens with one attached hydrogen (secondary N) is 2. The van der Waals surface area contributed by atoms with Gasteiger partial charge in [0, 0.05) is 36.4 Å². The second-order valence-corrected chi connectivity index (χ2v) is 15.7. The highest BCUT2D eigenvalue weighted by Gasteiger charge is 2.46. The molecule has 4 aromatic rings. The van der Waals surface area contributed by atoms with Gasteiger partial charge in [-0.2, -0.15) is 0 Å². The third-order valence-electron chi connectivity index (χ3n) is 8.89. The summed E-state index contributed by atoms with van der Waals surface area (Å²) < 4.78 is 39.4. The number of nitrogens with two attached hydrogens (primary N) is 1. The Bertz CT molecular complexity index is 2100. The van der Waals surface area contributed by atoms with E-state index in [1.54, 1.807) is 42.6 Å². The summed E-state index contributed by atoms with van der Waals surface area (Å²) in [6, 6.07) is 14.4. The first kappa shape index (κ1) is 37.9. The maximum Gasteiger partial charge on any atom is 0.309 e. The molecule has 3 atom stereocenters. The Balaban J connectivity index is 1.68. The molecule has 1 aliphatic rings. The number of nitrogen functional groups attached to an aromatic ring is 1. The molecule has 2 amide bonds. The first-order valence-electron chi connectivity index (χ1n) is 17.1. The minimum atomic E-state index is -3.97. The van der Waals surface area contributed by atoms with Crippen LogP contribution in [0.15, 0.2) is 71.8 Å². The normalized spacial score (nSPS) is 16.6. The van der Waals surface area contributed by atoms with Crippen molar-refractivity contribution >= 4 is 55.6 Å². The molecule has 14 heteroatoms. The second-order valence-electron chi connectivity index (χ2n) is 13.3. The standard InChI is InChI=1S/C38H45N5O8S/c1-7-50-32-19-25(8-12-31(32)51-21(2)3)34(42-26-9-11-28-24(18-26)14-16-40-36(28)39)37(45)43-17-15-29(38(46)47)35(43)30-20-27(41-23(6)44)10-13-33(30)52(48,49)22(4)5/h8-14,16,18-22,29,34-35,42H,7,15,17H2,1-6H3,(H2,39,40)(H,41,44)(H,46,47)/t29-,34?,35+/m1/s1. The van der Waals surface area contributed by atoms with E-state index in [2.05, 4.69) is 15.6 Å². The molecule has 5 N–H and O–H groups in total. The lowest BCUT2D eigenvalue weighted by Gasteiger charge is -2.33. The van der Waals surface area contributed by atoms with Gasteiger partial charge in [0.15, 0.2) is 21.3 Å². The number of benzene rings is 3. The molecule has 1 aliphatic heterocycles. The highest BCUT2D eigenvalue weighted by Crippen LogP contribution is 2.44. The average molecular weight is 732 g/mol. The maximum absolute atomic E-state index is 15.1. The van der Waals surface area contributed by atoms with Crippen molar-refractivity contribution in [1.82, 2.24) is 9.88 Å². The Morgan fingerprint density at radius 1 is 1.00 bits per heavy atom. The van der Waals surface area contributed by atoms with Gasteiger partial charge in [-0.15, -0.1) is 0 Å². The zero-order valence-corrected chi connectivity index (χ0v) is 30.9. The Morgan fingerprint density at radius 3 is 2.38 bits per heavy atom. The number of aliphatic carboxylic acids is 1. The monoisotopic (exact) mass is 731 g/mol. The van der Waals surface area contributed by atoms with Crippen molar-refractivity contribution in [2.75, 3.05) is 29.5 Å². The molecule has 3 aromatic carbocycles. The Morgan fingerprint density at radius 2 is 1.73 bits per heavy atom. The Labute approximate surface area is 303 Å². The number of hydrogen-bond acceptors (Lipinski definition) is 10. The molecular formula is C38H45N5O8S. The molecule has 276 valence electrons. The number of anilines is 3. The fourth-order valence-corrected chi connectivity index (χ4v) is 7.77. The lowest BCUT2D eigenvalue weighted by atomic mass is 9.92. The Hall–Kier alpha value is -5.37. The van der Waals surface area contributed by atoms with Crippen molar-refractivity contribution in [1.29, 1.82) is 0 Å². The van der Waals surface area contributed by atoms with Gasteiger partial charge in [0.2, 0.25) is 11.8 Å². The third-order valence-corrected chi connectivity index (χ3v) is 11.1. The first-order chi connectivity index (χ1) is 24.6. The molecule has 0 bridgehead atoms. The predicted octanol–water partition coefficient (Wildman–Crippen LogP) is 5.97. The molecule has 0 spiro atoms. The van der Waals surface area contributed by atoms with E-state index in [0.29, 0.717) is 35.2 Å². The minimum absolute atomic E-state index is 0.0248. The lowest BCUT2D eigenvalue weighted by Crippen LogP contribution is -2.40. The van der Waals surface area contributed by atoms with Gasteiger partial charge in [0.25, 0.3) is 0 Å². The molecule has 2 heterocycles. The summed E-state index contributed by atoms with van der Waals surface area (Å²) >= 11 is 0. The van der Waals surface area contributed by atoms with Crippen molar-refractivity contribution in [2.45, 2.75) is 76.3 Å². The van der Waals surface area contributed by atoms with Crippen LogP contribution in [-0.4, -0.2) is 65.7 Å². The lowest BCUT2D eigenvalue weighted by molar-refractivity contribution is -0.143. The summed E-state index contributed by atoms with van der Waals surface area (Å²) in [6.45, 7) is 10.3. The van der Waals surface area contributed by atoms with Crippen molar-refractivity contribution < 1.29 is 37.4 Å². The van der Waals surface area contributed by atoms with Gasteiger partial charge >= 0.3 is 5.97 Å². The summed E-state index contributed by atoms with van der Waals surface area (Å²) in [4.78, 5) is 45.4. The number of fused-ring (bicyclic) bond motifs is 1. The predicted molar refractivity (Wildman–Crippen MR) is 199 cm³/mol. The van der Waals surface area contributed by atoms with Crippen LogP contribution in [0.3, 0.4) is 0 Å². The van der Waals surface area contributed by atoms with Crippen molar-refractivity contribution in [2.24, 2.45) is 5.92 Å². The SMILES string of the molecule is CCOc1cc(C(Nc2ccc3c(N)nccc3c2)C(=O)N2CC[C@@H](C(=O)O)[C@H]2c2cc(NC(C)=O)ccc2S(=O)(=O)C(C)C)ccc1OC(C)C. The fraction of sp³-hybridized carbons (Fsp3) is 0.368. The molecule has 1 aromatic heterocycles. The zero-order chi connectivity index (χ0) is 37.9. The van der Waals surface area contributed by atoms with Crippen LogP contribution < -0.4 is 25.8 Å². The van der Waals surface area contributed by atoms with Crippen LogP contribution in [-0.2, 0) is 24.2 Å². The molecule has 0 saturated carbocycles. The Kier molecular flexibility index (Phi) is 11.3. The van der Waals surface area contributed by atoms with Crippen LogP contribution in [0.4, 0.5) is 17.2 Å². The summed E-state index contributed by atoms with van der Waals surface area (Å²) in [5, 5.41) is 17.1. The van der Waals surface area contributed by atoms with Gasteiger partial charge in [-0.05, 0) is 112 Å². The summed E-state index contributed by atoms with van der Waals surface area (Å²) in [7, 11) is -3.97. The van der Waals surface area contributed by atoms with E-state index in [1.807, 2.05) is 26.8 Å². The summed E-state index contributed by atoms with van der Waals surface area (Å²) in [5.74, 6) is -1.96. The quantitative estimate of drug-likeness (QED) is 0.127. The van der Waals surface area contributed by atoms with E-state index in [-0.39, 0.29) is 35.2 Å². The van der Waals surface area contributed by atoms with Gasteiger partial charge in [-0.25, -0.2) is 13.4 Å². The van der Waals surface area contributed by atoms with E-state index < -0.39 is 50.9 Å². The molecule has 0 aliphatic carbocycles. The summed E-state index contributed by atoms with van der Waals surface area (Å²) in [5.41, 5.74) is 7.55. The number of amides is 2. The molecule has 52 heavy (non-hydrogen) atoms. The van der Waals surface area contributed by atoms with Crippen LogP contribution in [0.1, 0.15) is 71.2 Å². The first-order valence-corrected chi connectivity index (χ1v) is 18.7. The van der Waals surface area contributed by atoms with E-state index >= 15 is 4.79 Å². The average Bonchev–Trinajstić information content (AvgIpc) is 3.53. The molecule has 1 unspecified atom stereocenters. The third kappa shape index (κ3) is 7.91. The highest BCUT2D eigenvalue weighted by molar-refractivity contribution is 7.92. The van der Waals surface area contributed by atoms with Gasteiger partial charge in [-0.3, -0.25) is 14.4 Å². The molecular weight excluding hydrogens is 687 g/mol. The van der Waals surface area contributed by atoms with Crippen LogP contribution in [0, 0.1) is 5.92 Å². The largest absolute Gasteiger partial charge is 0.490 e. The van der Waals surface area contributed by atoms with Crippen LogP contribution in [0.2, 0.25) is 0 Å². The van der Waals surface area contributed by atoms with Crippen LogP contribution in [0.5, 0.6) is 11.5 Å². The second kappa shape index (κ2) is 15.5. The van der Waals surface area contributed by atoms with Crippen molar-refractivity contribution in [3.8, 4) is 11.5 Å². The smallest absolute Gasteiger partial charge is 0.309 e. The number of likely N-dealkylation sites (tertiary alicyclic amines) is 1. The zero-order valence-electron chi connectivity index (χ0n) is 30.0. The number of sulfone groups is 1. The molecule has 13 nitrogen and oxygen atoms in total. The number of ether oxygens (including phenoxy) is 2. The van der Waals surface area contributed by atoms with Crippen LogP contribution >= 0.6 is 0 Å². The van der Waals surface area contributed by atoms with E-state index in [0.717, 1.165) is 10.8 Å². The summed E-state index contributed by atoms with van der Waals surface area (Å²) in [6.07, 6.45) is 1.51. The number of carbonyl (C=O) groups is 3. The molecule has 5 rings (SSSR count). The van der Waals surface area contributed by atoms with Crippen molar-refractivity contribution in [3.63, 3.8) is 0 Å². The van der Waals surface area contributed by atoms with Crippen LogP contribution in [0.25, 0.3) is 10.8 Å². The minimum Gasteiger partial charge on any atom is -0.490 e. The fourth-order valence-electron chi connectivity index (χ4n) is 6.49. The number of aromatic nitrogens is 1. The number of carboxylic acids is 1. The molecule has 0 radical (unpaired) electrons. The van der Waals surface area contributed by atoms with E-state index in [1.165, 1.54) is 43.9 Å². The van der Waals surface area contributed by atoms with Gasteiger partial charge < -0.3 is 35.8 Å². The molecule has 1 fully saturated rings. The number of rotatable bonds is 13. The van der Waals surface area contributed by atoms with Crippen molar-refractivity contribution in [3.05, 3.63) is 78.0 Å². The topological polar surface area (TPSA) is 190 Å². The number of carbonyl (C=O) groups excluding carboxylic acids is 2. The number of hydrogen-bond donors (Lipinski definition) is 4. The number of nitrogens with zero attached hydrogens (tertiary/aromatic N) is 2.